The summed E-state index contributed by atoms with van der Waals surface area (Å²) in [4.78, 5) is 37.5. The Morgan fingerprint density at radius 3 is 2.48 bits per heavy atom. The summed E-state index contributed by atoms with van der Waals surface area (Å²) in [6.07, 6.45) is 4.13. The number of sulfonamides is 1. The summed E-state index contributed by atoms with van der Waals surface area (Å²) in [6, 6.07) is 4.51. The Morgan fingerprint density at radius 2 is 1.90 bits per heavy atom. The van der Waals surface area contributed by atoms with E-state index in [1.165, 1.54) is 30.3 Å². The summed E-state index contributed by atoms with van der Waals surface area (Å²) in [5.74, 6) is -0.655. The molecule has 1 saturated carbocycles. The van der Waals surface area contributed by atoms with Crippen LogP contribution in [0.15, 0.2) is 41.8 Å². The van der Waals surface area contributed by atoms with Crippen LogP contribution in [0.3, 0.4) is 0 Å². The van der Waals surface area contributed by atoms with E-state index in [1.54, 1.807) is 0 Å². The van der Waals surface area contributed by atoms with E-state index in [4.69, 9.17) is 0 Å². The highest BCUT2D eigenvalue weighted by Crippen LogP contribution is 2.35. The number of nitrogens with one attached hydrogen (secondary N) is 3. The Kier molecular flexibility index (Phi) is 5.76. The number of benzene rings is 1. The molecule has 0 unspecified atom stereocenters. The van der Waals surface area contributed by atoms with Crippen LogP contribution in [0.5, 0.6) is 0 Å². The standard InChI is InChI=1S/C19H24N4O5S/c1-3-12-20-29(27,28)15-6-4-14(5-7-15)16(24)22-23-17(25)19(21-18(23)26)10-8-13(2)9-11-19/h3-7,13,20H,1,8-12H2,2H3,(H,21,26)(H,22,24). The summed E-state index contributed by atoms with van der Waals surface area (Å²) in [5.41, 5.74) is 1.49. The van der Waals surface area contributed by atoms with Crippen molar-refractivity contribution in [1.82, 2.24) is 20.5 Å². The summed E-state index contributed by atoms with van der Waals surface area (Å²) in [5, 5.41) is 3.44. The quantitative estimate of drug-likeness (QED) is 0.473. The van der Waals surface area contributed by atoms with Gasteiger partial charge in [0.25, 0.3) is 11.8 Å². The molecule has 4 amide bonds. The number of hydrogen-bond donors (Lipinski definition) is 3. The number of imide groups is 1. The number of urea groups is 1. The fourth-order valence-corrected chi connectivity index (χ4v) is 4.52. The first-order chi connectivity index (χ1) is 13.7. The van der Waals surface area contributed by atoms with Crippen LogP contribution >= 0.6 is 0 Å². The molecule has 0 bridgehead atoms. The predicted octanol–water partition coefficient (Wildman–Crippen LogP) is 1.30. The van der Waals surface area contributed by atoms with E-state index in [2.05, 4.69) is 29.0 Å². The van der Waals surface area contributed by atoms with E-state index >= 15 is 0 Å². The minimum absolute atomic E-state index is 0.0128. The molecule has 1 aromatic carbocycles. The van der Waals surface area contributed by atoms with Crippen LogP contribution < -0.4 is 15.5 Å². The molecule has 2 fully saturated rings. The van der Waals surface area contributed by atoms with Crippen molar-refractivity contribution in [3.8, 4) is 0 Å². The first-order valence-electron chi connectivity index (χ1n) is 9.37. The zero-order valence-electron chi connectivity index (χ0n) is 16.1. The summed E-state index contributed by atoms with van der Waals surface area (Å²) in [7, 11) is -3.71. The molecule has 156 valence electrons. The van der Waals surface area contributed by atoms with Crippen LogP contribution in [0.4, 0.5) is 4.79 Å². The highest BCUT2D eigenvalue weighted by molar-refractivity contribution is 7.89. The van der Waals surface area contributed by atoms with Gasteiger partial charge in [0.15, 0.2) is 0 Å². The topological polar surface area (TPSA) is 125 Å². The predicted molar refractivity (Wildman–Crippen MR) is 105 cm³/mol. The number of amides is 4. The highest BCUT2D eigenvalue weighted by Gasteiger charge is 2.52. The Bertz CT molecular complexity index is 934. The second-order valence-electron chi connectivity index (χ2n) is 7.44. The lowest BCUT2D eigenvalue weighted by Crippen LogP contribution is -2.51. The van der Waals surface area contributed by atoms with Gasteiger partial charge in [0.1, 0.15) is 5.54 Å². The summed E-state index contributed by atoms with van der Waals surface area (Å²) >= 11 is 0. The fourth-order valence-electron chi connectivity index (χ4n) is 3.52. The zero-order chi connectivity index (χ0) is 21.2. The van der Waals surface area contributed by atoms with Gasteiger partial charge in [0.05, 0.1) is 4.90 Å². The minimum Gasteiger partial charge on any atom is -0.322 e. The second kappa shape index (κ2) is 7.96. The Morgan fingerprint density at radius 1 is 1.28 bits per heavy atom. The van der Waals surface area contributed by atoms with Gasteiger partial charge in [-0.3, -0.25) is 15.0 Å². The molecule has 1 spiro atoms. The van der Waals surface area contributed by atoms with Crippen molar-refractivity contribution in [2.24, 2.45) is 5.92 Å². The van der Waals surface area contributed by atoms with Crippen LogP contribution in [-0.4, -0.2) is 43.4 Å². The van der Waals surface area contributed by atoms with Crippen LogP contribution in [0, 0.1) is 5.92 Å². The third-order valence-electron chi connectivity index (χ3n) is 5.35. The number of nitrogens with zero attached hydrogens (tertiary/aromatic N) is 1. The monoisotopic (exact) mass is 420 g/mol. The van der Waals surface area contributed by atoms with Gasteiger partial charge in [0, 0.05) is 12.1 Å². The molecule has 9 nitrogen and oxygen atoms in total. The van der Waals surface area contributed by atoms with Gasteiger partial charge in [-0.1, -0.05) is 13.0 Å². The summed E-state index contributed by atoms with van der Waals surface area (Å²) in [6.45, 7) is 5.63. The van der Waals surface area contributed by atoms with Gasteiger partial charge in [-0.15, -0.1) is 6.58 Å². The molecule has 3 rings (SSSR count). The molecule has 1 aromatic rings. The molecule has 1 aliphatic carbocycles. The maximum atomic E-state index is 12.8. The average Bonchev–Trinajstić information content (AvgIpc) is 2.93. The Labute approximate surface area is 169 Å². The second-order valence-corrected chi connectivity index (χ2v) is 9.21. The molecular formula is C19H24N4O5S. The maximum absolute atomic E-state index is 12.8. The first-order valence-corrected chi connectivity index (χ1v) is 10.9. The van der Waals surface area contributed by atoms with Crippen molar-refractivity contribution in [1.29, 1.82) is 0 Å². The van der Waals surface area contributed by atoms with Crippen molar-refractivity contribution < 1.29 is 22.8 Å². The lowest BCUT2D eigenvalue weighted by Gasteiger charge is -2.33. The van der Waals surface area contributed by atoms with Crippen molar-refractivity contribution in [3.63, 3.8) is 0 Å². The average molecular weight is 420 g/mol. The third kappa shape index (κ3) is 4.18. The van der Waals surface area contributed by atoms with Gasteiger partial charge in [0.2, 0.25) is 10.0 Å². The van der Waals surface area contributed by atoms with E-state index < -0.39 is 33.4 Å². The van der Waals surface area contributed by atoms with Gasteiger partial charge in [-0.2, -0.15) is 5.01 Å². The van der Waals surface area contributed by atoms with E-state index in [0.717, 1.165) is 12.8 Å². The first kappa shape index (κ1) is 21.0. The van der Waals surface area contributed by atoms with Crippen molar-refractivity contribution in [3.05, 3.63) is 42.5 Å². The molecule has 3 N–H and O–H groups in total. The number of rotatable bonds is 6. The normalized spacial score (nSPS) is 24.4. The van der Waals surface area contributed by atoms with Gasteiger partial charge < -0.3 is 5.32 Å². The molecule has 0 radical (unpaired) electrons. The van der Waals surface area contributed by atoms with E-state index in [9.17, 15) is 22.8 Å². The van der Waals surface area contributed by atoms with E-state index in [-0.39, 0.29) is 17.0 Å². The van der Waals surface area contributed by atoms with Crippen LogP contribution in [0.1, 0.15) is 43.0 Å². The SMILES string of the molecule is C=CCNS(=O)(=O)c1ccc(C(=O)NN2C(=O)NC3(CCC(C)CC3)C2=O)cc1. The lowest BCUT2D eigenvalue weighted by atomic mass is 9.77. The number of hydrazine groups is 1. The van der Waals surface area contributed by atoms with Crippen molar-refractivity contribution in [2.45, 2.75) is 43.0 Å². The number of hydrogen-bond acceptors (Lipinski definition) is 5. The highest BCUT2D eigenvalue weighted by atomic mass is 32.2. The number of carbonyl (C=O) groups is 3. The third-order valence-corrected chi connectivity index (χ3v) is 6.79. The smallest absolute Gasteiger partial charge is 0.322 e. The van der Waals surface area contributed by atoms with Crippen LogP contribution in [0.2, 0.25) is 0 Å². The van der Waals surface area contributed by atoms with Gasteiger partial charge in [-0.05, 0) is 55.9 Å². The summed E-state index contributed by atoms with van der Waals surface area (Å²) < 4.78 is 26.5. The maximum Gasteiger partial charge on any atom is 0.344 e. The molecule has 10 heteroatoms. The molecule has 0 aromatic heterocycles. The van der Waals surface area contributed by atoms with Crippen molar-refractivity contribution >= 4 is 27.9 Å². The lowest BCUT2D eigenvalue weighted by molar-refractivity contribution is -0.134. The van der Waals surface area contributed by atoms with Gasteiger partial charge in [-0.25, -0.2) is 17.9 Å². The fraction of sp³-hybridized carbons (Fsp3) is 0.421. The van der Waals surface area contributed by atoms with E-state index in [0.29, 0.717) is 23.8 Å². The van der Waals surface area contributed by atoms with E-state index in [1.807, 2.05) is 0 Å². The Balaban J connectivity index is 1.69. The van der Waals surface area contributed by atoms with Crippen molar-refractivity contribution in [2.75, 3.05) is 6.54 Å². The molecule has 0 atom stereocenters. The molecular weight excluding hydrogens is 396 g/mol. The molecule has 29 heavy (non-hydrogen) atoms. The molecule has 1 heterocycles. The van der Waals surface area contributed by atoms with Crippen LogP contribution in [0.25, 0.3) is 0 Å². The zero-order valence-corrected chi connectivity index (χ0v) is 16.9. The van der Waals surface area contributed by atoms with Gasteiger partial charge >= 0.3 is 6.03 Å². The molecule has 2 aliphatic rings. The molecule has 1 saturated heterocycles. The number of carbonyl (C=O) groups excluding carboxylic acids is 3. The Hall–Kier alpha value is -2.72. The largest absolute Gasteiger partial charge is 0.344 e. The molecule has 1 aliphatic heterocycles. The van der Waals surface area contributed by atoms with Crippen LogP contribution in [-0.2, 0) is 14.8 Å². The minimum atomic E-state index is -3.71.